The molecule has 206 valence electrons. The van der Waals surface area contributed by atoms with Crippen LogP contribution in [0.2, 0.25) is 11.8 Å². The number of piperazine rings is 1. The van der Waals surface area contributed by atoms with Gasteiger partial charge >= 0.3 is 7.05 Å². The molecule has 5 rings (SSSR count). The smallest absolute Gasteiger partial charge is 0.376 e. The molecule has 1 unspecified atom stereocenters. The number of carbonyl (C=O) groups is 1. The lowest BCUT2D eigenvalue weighted by atomic mass is 9.82. The molecule has 3 heterocycles. The van der Waals surface area contributed by atoms with E-state index < -0.39 is 13.1 Å². The zero-order valence-corrected chi connectivity index (χ0v) is 24.3. The Labute approximate surface area is 242 Å². The number of hydrogen-bond donors (Lipinski definition) is 3. The summed E-state index contributed by atoms with van der Waals surface area (Å²) in [6, 6.07) is 7.44. The number of halogens is 2. The molecule has 0 bridgehead atoms. The van der Waals surface area contributed by atoms with E-state index in [0.29, 0.717) is 50.0 Å². The number of aliphatic hydroxyl groups excluding tert-OH is 1. The predicted molar refractivity (Wildman–Crippen MR) is 154 cm³/mol. The lowest BCUT2D eigenvalue weighted by Crippen LogP contribution is -2.62. The van der Waals surface area contributed by atoms with Crippen molar-refractivity contribution in [2.45, 2.75) is 51.3 Å². The van der Waals surface area contributed by atoms with Gasteiger partial charge in [0.15, 0.2) is 0 Å². The first-order valence-electron chi connectivity index (χ1n) is 13.3. The van der Waals surface area contributed by atoms with Gasteiger partial charge < -0.3 is 24.8 Å². The molecule has 1 saturated heterocycles. The van der Waals surface area contributed by atoms with Gasteiger partial charge in [-0.25, -0.2) is 4.98 Å². The molecule has 12 heteroatoms. The average Bonchev–Trinajstić information content (AvgIpc) is 3.33. The van der Waals surface area contributed by atoms with Gasteiger partial charge in [0, 0.05) is 60.8 Å². The Kier molecular flexibility index (Phi) is 9.05. The van der Waals surface area contributed by atoms with Crippen LogP contribution in [0.4, 0.5) is 0 Å². The number of carbonyl (C=O) groups excluding carboxylic acids is 1. The van der Waals surface area contributed by atoms with Crippen LogP contribution < -0.4 is 5.32 Å². The van der Waals surface area contributed by atoms with Gasteiger partial charge in [0.25, 0.3) is 0 Å². The van der Waals surface area contributed by atoms with Crippen LogP contribution in [0, 0.1) is 0 Å². The van der Waals surface area contributed by atoms with Gasteiger partial charge in [0.1, 0.15) is 18.5 Å². The Morgan fingerprint density at radius 2 is 2.05 bits per heavy atom. The van der Waals surface area contributed by atoms with Gasteiger partial charge in [-0.05, 0) is 76.9 Å². The number of benzene rings is 1. The van der Waals surface area contributed by atoms with Crippen LogP contribution >= 0.6 is 27.5 Å². The summed E-state index contributed by atoms with van der Waals surface area (Å²) < 4.78 is 2.82. The zero-order valence-electron chi connectivity index (χ0n) is 21.9. The van der Waals surface area contributed by atoms with E-state index in [0.717, 1.165) is 34.1 Å². The van der Waals surface area contributed by atoms with Crippen LogP contribution in [-0.4, -0.2) is 79.6 Å². The number of nitrogens with zero attached hydrogens (tertiary/aromatic N) is 5. The molecule has 1 aliphatic heterocycles. The van der Waals surface area contributed by atoms with Gasteiger partial charge in [0.05, 0.1) is 11.7 Å². The van der Waals surface area contributed by atoms with Crippen molar-refractivity contribution in [2.24, 2.45) is 0 Å². The second-order valence-corrected chi connectivity index (χ2v) is 11.5. The molecule has 1 amide bonds. The summed E-state index contributed by atoms with van der Waals surface area (Å²) in [7, 11) is -0.651. The number of fused-ring (bicyclic) bond motifs is 2. The predicted octanol–water partition coefficient (Wildman–Crippen LogP) is 2.68. The highest BCUT2D eigenvalue weighted by Crippen LogP contribution is 2.39. The number of amides is 1. The van der Waals surface area contributed by atoms with E-state index in [4.69, 9.17) is 16.6 Å². The number of hydrogen-bond acceptors (Lipinski definition) is 7. The first-order valence-corrected chi connectivity index (χ1v) is 14.5. The quantitative estimate of drug-likeness (QED) is 0.264. The summed E-state index contributed by atoms with van der Waals surface area (Å²) in [5, 5.41) is 23.6. The van der Waals surface area contributed by atoms with Crippen LogP contribution in [0.5, 0.6) is 0 Å². The lowest BCUT2D eigenvalue weighted by molar-refractivity contribution is -0.129. The van der Waals surface area contributed by atoms with Crippen LogP contribution in [0.3, 0.4) is 0 Å². The van der Waals surface area contributed by atoms with E-state index in [1.54, 1.807) is 13.0 Å². The number of imidazole rings is 1. The molecule has 1 aromatic carbocycles. The number of pyridine rings is 1. The number of aromatic nitrogens is 3. The zero-order chi connectivity index (χ0) is 27.5. The van der Waals surface area contributed by atoms with Crippen LogP contribution in [-0.2, 0) is 30.8 Å². The SMILES string of the molecule is CB(O)N1CCN(C2c3ccc(Cl)cc3CCc3cc(Br)cnc32)[C@@H](C(=O)NCCCn2ccnc2CO)C1. The monoisotopic (exact) mass is 614 g/mol. The van der Waals surface area contributed by atoms with Crippen molar-refractivity contribution in [3.63, 3.8) is 0 Å². The van der Waals surface area contributed by atoms with Crippen molar-refractivity contribution in [1.82, 2.24) is 29.6 Å². The number of rotatable bonds is 8. The summed E-state index contributed by atoms with van der Waals surface area (Å²) in [6.45, 7) is 4.40. The lowest BCUT2D eigenvalue weighted by Gasteiger charge is -2.45. The topological polar surface area (TPSA) is 107 Å². The summed E-state index contributed by atoms with van der Waals surface area (Å²) in [5.74, 6) is 0.532. The van der Waals surface area contributed by atoms with Crippen molar-refractivity contribution in [3.05, 3.63) is 80.6 Å². The van der Waals surface area contributed by atoms with Gasteiger partial charge in [-0.2, -0.15) is 0 Å². The molecule has 2 atom stereocenters. The maximum Gasteiger partial charge on any atom is 0.376 e. The largest absolute Gasteiger partial charge is 0.437 e. The van der Waals surface area contributed by atoms with Crippen LogP contribution in [0.1, 0.15) is 40.7 Å². The highest BCUT2D eigenvalue weighted by Gasteiger charge is 2.41. The third-order valence-corrected chi connectivity index (χ3v) is 8.39. The Balaban J connectivity index is 1.42. The molecule has 0 spiro atoms. The fraction of sp³-hybridized carbons (Fsp3) is 0.444. The Hall–Kier alpha value is -2.28. The van der Waals surface area contributed by atoms with E-state index in [9.17, 15) is 14.9 Å². The average molecular weight is 616 g/mol. The van der Waals surface area contributed by atoms with E-state index >= 15 is 0 Å². The van der Waals surface area contributed by atoms with Gasteiger partial charge in [-0.1, -0.05) is 17.7 Å². The van der Waals surface area contributed by atoms with Gasteiger partial charge in [0.2, 0.25) is 5.91 Å². The number of aryl methyl sites for hydroxylation is 3. The Morgan fingerprint density at radius 3 is 2.85 bits per heavy atom. The molecule has 3 N–H and O–H groups in total. The first kappa shape index (κ1) is 28.3. The van der Waals surface area contributed by atoms with Gasteiger partial charge in [-0.3, -0.25) is 14.7 Å². The minimum atomic E-state index is -0.651. The molecule has 3 aromatic rings. The molecule has 39 heavy (non-hydrogen) atoms. The van der Waals surface area contributed by atoms with Crippen molar-refractivity contribution in [2.75, 3.05) is 26.2 Å². The van der Waals surface area contributed by atoms with E-state index in [2.05, 4.69) is 43.3 Å². The second kappa shape index (κ2) is 12.5. The summed E-state index contributed by atoms with van der Waals surface area (Å²) in [4.78, 5) is 27.0. The fourth-order valence-corrected chi connectivity index (χ4v) is 6.30. The van der Waals surface area contributed by atoms with Crippen molar-refractivity contribution in [1.29, 1.82) is 0 Å². The molecule has 2 aliphatic rings. The molecule has 0 saturated carbocycles. The molecular formula is C27H33BBrClN6O3. The standard InChI is InChI=1S/C27H33BBrClN6O3/c1-28(39)35-11-12-36(23(16-35)27(38)32-7-2-9-34-10-8-31-24(34)17-37)26-22-6-5-21(30)14-18(22)3-4-19-13-20(29)15-33-25(19)26/h5-6,8,10,13-15,23,26,37,39H,2-4,7,9,11-12,16-17H2,1H3,(H,32,38)/t23-,26?/m1/s1. The third kappa shape index (κ3) is 6.24. The normalized spacial score (nSPS) is 19.7. The highest BCUT2D eigenvalue weighted by molar-refractivity contribution is 9.10. The van der Waals surface area contributed by atoms with Crippen molar-refractivity contribution in [3.8, 4) is 0 Å². The van der Waals surface area contributed by atoms with E-state index in [-0.39, 0.29) is 18.6 Å². The van der Waals surface area contributed by atoms with Crippen LogP contribution in [0.25, 0.3) is 0 Å². The van der Waals surface area contributed by atoms with Crippen LogP contribution in [0.15, 0.2) is 47.3 Å². The highest BCUT2D eigenvalue weighted by atomic mass is 79.9. The molecular weight excluding hydrogens is 583 g/mol. The summed E-state index contributed by atoms with van der Waals surface area (Å²) >= 11 is 9.99. The Bertz CT molecular complexity index is 1270. The molecule has 1 fully saturated rings. The minimum absolute atomic E-state index is 0.0771. The maximum absolute atomic E-state index is 13.8. The Morgan fingerprint density at radius 1 is 1.23 bits per heavy atom. The molecule has 2 aromatic heterocycles. The molecule has 9 nitrogen and oxygen atoms in total. The minimum Gasteiger partial charge on any atom is -0.437 e. The van der Waals surface area contributed by atoms with Crippen molar-refractivity contribution >= 4 is 40.5 Å². The maximum atomic E-state index is 13.8. The fourth-order valence-electron chi connectivity index (χ4n) is 5.72. The number of aliphatic hydroxyl groups is 1. The summed E-state index contributed by atoms with van der Waals surface area (Å²) in [5.41, 5.74) is 4.39. The van der Waals surface area contributed by atoms with Crippen molar-refractivity contribution < 1.29 is 14.9 Å². The summed E-state index contributed by atoms with van der Waals surface area (Å²) in [6.07, 6.45) is 7.69. The molecule has 0 radical (unpaired) electrons. The van der Waals surface area contributed by atoms with E-state index in [1.807, 2.05) is 33.9 Å². The first-order chi connectivity index (χ1) is 18.9. The second-order valence-electron chi connectivity index (χ2n) is 10.2. The van der Waals surface area contributed by atoms with Gasteiger partial charge in [-0.15, -0.1) is 0 Å². The molecule has 1 aliphatic carbocycles. The third-order valence-electron chi connectivity index (χ3n) is 7.72. The van der Waals surface area contributed by atoms with E-state index in [1.165, 1.54) is 5.56 Å². The number of nitrogens with one attached hydrogen (secondary N) is 1.